The third kappa shape index (κ3) is 2.45. The molecule has 2 rings (SSSR count). The Morgan fingerprint density at radius 2 is 2.00 bits per heavy atom. The van der Waals surface area contributed by atoms with Gasteiger partial charge in [-0.15, -0.1) is 0 Å². The standard InChI is InChI=1S/C14H16N2O3/c1-4-18-14(17)11-12(15)19-13(16-11)10-8(2)6-5-7-9(10)3/h5-7H,4,15H2,1-3H3. The quantitative estimate of drug-likeness (QED) is 0.858. The van der Waals surface area contributed by atoms with E-state index in [4.69, 9.17) is 14.9 Å². The summed E-state index contributed by atoms with van der Waals surface area (Å²) in [6, 6.07) is 5.85. The van der Waals surface area contributed by atoms with Gasteiger partial charge in [0.2, 0.25) is 17.5 Å². The zero-order chi connectivity index (χ0) is 14.0. The number of ether oxygens (including phenoxy) is 1. The molecule has 1 heterocycles. The summed E-state index contributed by atoms with van der Waals surface area (Å²) in [6.45, 7) is 5.89. The molecule has 0 atom stereocenters. The van der Waals surface area contributed by atoms with E-state index in [9.17, 15) is 4.79 Å². The first-order valence-electron chi connectivity index (χ1n) is 6.04. The maximum absolute atomic E-state index is 11.7. The number of hydrogen-bond acceptors (Lipinski definition) is 5. The zero-order valence-electron chi connectivity index (χ0n) is 11.2. The maximum atomic E-state index is 11.7. The summed E-state index contributed by atoms with van der Waals surface area (Å²) in [5, 5.41) is 0. The number of benzene rings is 1. The molecule has 19 heavy (non-hydrogen) atoms. The van der Waals surface area contributed by atoms with Gasteiger partial charge in [-0.2, -0.15) is 4.98 Å². The van der Waals surface area contributed by atoms with Crippen LogP contribution in [0.5, 0.6) is 0 Å². The van der Waals surface area contributed by atoms with Crippen molar-refractivity contribution in [2.75, 3.05) is 12.3 Å². The Morgan fingerprint density at radius 3 is 2.58 bits per heavy atom. The van der Waals surface area contributed by atoms with Gasteiger partial charge in [0, 0.05) is 5.56 Å². The Bertz CT molecular complexity index is 597. The summed E-state index contributed by atoms with van der Waals surface area (Å²) in [7, 11) is 0. The fourth-order valence-electron chi connectivity index (χ4n) is 1.94. The topological polar surface area (TPSA) is 78.3 Å². The van der Waals surface area contributed by atoms with Gasteiger partial charge in [0.1, 0.15) is 0 Å². The second-order valence-corrected chi connectivity index (χ2v) is 4.22. The van der Waals surface area contributed by atoms with E-state index in [-0.39, 0.29) is 18.2 Å². The largest absolute Gasteiger partial charge is 0.461 e. The van der Waals surface area contributed by atoms with Crippen LogP contribution < -0.4 is 5.73 Å². The second-order valence-electron chi connectivity index (χ2n) is 4.22. The Balaban J connectivity index is 2.48. The molecular weight excluding hydrogens is 244 g/mol. The molecule has 0 radical (unpaired) electrons. The minimum absolute atomic E-state index is 0.0175. The number of nitrogens with two attached hydrogens (primary N) is 1. The molecule has 1 aromatic heterocycles. The average molecular weight is 260 g/mol. The highest BCUT2D eigenvalue weighted by atomic mass is 16.5. The van der Waals surface area contributed by atoms with Gasteiger partial charge >= 0.3 is 5.97 Å². The van der Waals surface area contributed by atoms with E-state index in [0.29, 0.717) is 5.89 Å². The highest BCUT2D eigenvalue weighted by Gasteiger charge is 2.21. The lowest BCUT2D eigenvalue weighted by atomic mass is 10.0. The number of aromatic nitrogens is 1. The van der Waals surface area contributed by atoms with Gasteiger partial charge in [0.25, 0.3) is 0 Å². The van der Waals surface area contributed by atoms with Gasteiger partial charge in [-0.05, 0) is 31.9 Å². The van der Waals surface area contributed by atoms with Crippen LogP contribution in [0.1, 0.15) is 28.5 Å². The molecule has 2 N–H and O–H groups in total. The van der Waals surface area contributed by atoms with Crippen LogP contribution in [-0.2, 0) is 4.74 Å². The smallest absolute Gasteiger partial charge is 0.362 e. The Hall–Kier alpha value is -2.30. The lowest BCUT2D eigenvalue weighted by Crippen LogP contribution is -2.07. The van der Waals surface area contributed by atoms with E-state index in [1.165, 1.54) is 0 Å². The first-order valence-corrected chi connectivity index (χ1v) is 6.04. The molecule has 0 spiro atoms. The molecular formula is C14H16N2O3. The highest BCUT2D eigenvalue weighted by molar-refractivity contribution is 5.92. The number of carbonyl (C=O) groups is 1. The first kappa shape index (κ1) is 13.1. The Morgan fingerprint density at radius 1 is 1.37 bits per heavy atom. The first-order chi connectivity index (χ1) is 9.04. The van der Waals surface area contributed by atoms with Gasteiger partial charge in [0.05, 0.1) is 6.61 Å². The molecule has 0 saturated carbocycles. The number of oxazole rings is 1. The molecule has 1 aromatic carbocycles. The van der Waals surface area contributed by atoms with Gasteiger partial charge < -0.3 is 14.9 Å². The van der Waals surface area contributed by atoms with Crippen LogP contribution in [0.4, 0.5) is 5.88 Å². The van der Waals surface area contributed by atoms with E-state index < -0.39 is 5.97 Å². The summed E-state index contributed by atoms with van der Waals surface area (Å²) >= 11 is 0. The van der Waals surface area contributed by atoms with Crippen molar-refractivity contribution in [1.29, 1.82) is 0 Å². The van der Waals surface area contributed by atoms with E-state index >= 15 is 0 Å². The van der Waals surface area contributed by atoms with Crippen molar-refractivity contribution in [1.82, 2.24) is 4.98 Å². The van der Waals surface area contributed by atoms with Crippen molar-refractivity contribution in [2.24, 2.45) is 0 Å². The summed E-state index contributed by atoms with van der Waals surface area (Å²) in [5.74, 6) is -0.242. The molecule has 2 aromatic rings. The summed E-state index contributed by atoms with van der Waals surface area (Å²) < 4.78 is 10.3. The average Bonchev–Trinajstić information content (AvgIpc) is 2.71. The highest BCUT2D eigenvalue weighted by Crippen LogP contribution is 2.29. The number of carbonyl (C=O) groups excluding carboxylic acids is 1. The lowest BCUT2D eigenvalue weighted by Gasteiger charge is -2.04. The zero-order valence-corrected chi connectivity index (χ0v) is 11.2. The van der Waals surface area contributed by atoms with Crippen molar-refractivity contribution in [3.05, 3.63) is 35.0 Å². The summed E-state index contributed by atoms with van der Waals surface area (Å²) in [6.07, 6.45) is 0. The van der Waals surface area contributed by atoms with Crippen molar-refractivity contribution in [3.63, 3.8) is 0 Å². The minimum Gasteiger partial charge on any atom is -0.461 e. The number of aryl methyl sites for hydroxylation is 2. The normalized spacial score (nSPS) is 10.5. The monoisotopic (exact) mass is 260 g/mol. The fraction of sp³-hybridized carbons (Fsp3) is 0.286. The van der Waals surface area contributed by atoms with E-state index in [2.05, 4.69) is 4.98 Å². The van der Waals surface area contributed by atoms with Crippen LogP contribution in [-0.4, -0.2) is 17.6 Å². The minimum atomic E-state index is -0.568. The SMILES string of the molecule is CCOC(=O)c1nc(-c2c(C)cccc2C)oc1N. The predicted molar refractivity (Wildman–Crippen MR) is 71.8 cm³/mol. The maximum Gasteiger partial charge on any atom is 0.362 e. The lowest BCUT2D eigenvalue weighted by molar-refractivity contribution is 0.0521. The van der Waals surface area contributed by atoms with Crippen molar-refractivity contribution >= 4 is 11.9 Å². The Labute approximate surface area is 111 Å². The molecule has 0 fully saturated rings. The molecule has 0 aliphatic rings. The van der Waals surface area contributed by atoms with Crippen molar-refractivity contribution < 1.29 is 13.9 Å². The molecule has 0 saturated heterocycles. The van der Waals surface area contributed by atoms with Crippen LogP contribution in [0.3, 0.4) is 0 Å². The van der Waals surface area contributed by atoms with E-state index in [1.807, 2.05) is 32.0 Å². The van der Waals surface area contributed by atoms with Crippen LogP contribution in [0, 0.1) is 13.8 Å². The van der Waals surface area contributed by atoms with Crippen molar-refractivity contribution in [2.45, 2.75) is 20.8 Å². The summed E-state index contributed by atoms with van der Waals surface area (Å²) in [4.78, 5) is 15.8. The number of nitrogen functional groups attached to an aromatic ring is 1. The molecule has 5 nitrogen and oxygen atoms in total. The fourth-order valence-corrected chi connectivity index (χ4v) is 1.94. The molecule has 0 bridgehead atoms. The number of rotatable bonds is 3. The number of anilines is 1. The van der Waals surface area contributed by atoms with Gasteiger partial charge in [0.15, 0.2) is 0 Å². The van der Waals surface area contributed by atoms with Crippen LogP contribution >= 0.6 is 0 Å². The van der Waals surface area contributed by atoms with Gasteiger partial charge in [-0.3, -0.25) is 0 Å². The predicted octanol–water partition coefficient (Wildman–Crippen LogP) is 2.72. The Kier molecular flexibility index (Phi) is 3.55. The molecule has 100 valence electrons. The van der Waals surface area contributed by atoms with Crippen LogP contribution in [0.15, 0.2) is 22.6 Å². The third-order valence-corrected chi connectivity index (χ3v) is 2.82. The van der Waals surface area contributed by atoms with E-state index in [0.717, 1.165) is 16.7 Å². The number of hydrogen-bond donors (Lipinski definition) is 1. The van der Waals surface area contributed by atoms with Gasteiger partial charge in [-0.25, -0.2) is 4.79 Å². The van der Waals surface area contributed by atoms with Crippen LogP contribution in [0.2, 0.25) is 0 Å². The molecule has 0 aliphatic carbocycles. The second kappa shape index (κ2) is 5.14. The summed E-state index contributed by atoms with van der Waals surface area (Å²) in [5.41, 5.74) is 8.58. The van der Waals surface area contributed by atoms with Crippen LogP contribution in [0.25, 0.3) is 11.5 Å². The molecule has 0 aliphatic heterocycles. The molecule has 0 unspecified atom stereocenters. The van der Waals surface area contributed by atoms with Gasteiger partial charge in [-0.1, -0.05) is 18.2 Å². The third-order valence-electron chi connectivity index (χ3n) is 2.82. The number of nitrogens with zero attached hydrogens (tertiary/aromatic N) is 1. The molecule has 0 amide bonds. The van der Waals surface area contributed by atoms with Crippen molar-refractivity contribution in [3.8, 4) is 11.5 Å². The van der Waals surface area contributed by atoms with E-state index in [1.54, 1.807) is 6.92 Å². The molecule has 5 heteroatoms. The number of esters is 1.